The van der Waals surface area contributed by atoms with Crippen molar-refractivity contribution in [2.45, 2.75) is 4.90 Å². The number of aromatic nitrogens is 2. The Hall–Kier alpha value is -2.51. The summed E-state index contributed by atoms with van der Waals surface area (Å²) in [6.45, 7) is 0. The van der Waals surface area contributed by atoms with E-state index in [1.54, 1.807) is 0 Å². The number of rotatable bonds is 3. The number of aryl methyl sites for hydroxylation is 1. The van der Waals surface area contributed by atoms with E-state index in [2.05, 4.69) is 9.50 Å². The molecule has 0 saturated carbocycles. The molecule has 98 valence electrons. The standard InChI is InChI=1S/C10H7N3O5S/c1-13-10(15)18-9(12-13)7-4-2-3-5-8(7)19(16,17)11-6-14/h2-5H,1H3. The van der Waals surface area contributed by atoms with Gasteiger partial charge in [-0.2, -0.15) is 13.1 Å². The summed E-state index contributed by atoms with van der Waals surface area (Å²) in [7, 11) is -2.85. The molecule has 0 aliphatic rings. The molecule has 2 rings (SSSR count). The van der Waals surface area contributed by atoms with Gasteiger partial charge in [-0.15, -0.1) is 5.10 Å². The van der Waals surface area contributed by atoms with E-state index in [4.69, 9.17) is 4.42 Å². The van der Waals surface area contributed by atoms with Crippen molar-refractivity contribution in [3.63, 3.8) is 0 Å². The maximum atomic E-state index is 11.7. The molecule has 9 heteroatoms. The van der Waals surface area contributed by atoms with Crippen LogP contribution in [-0.2, 0) is 21.9 Å². The summed E-state index contributed by atoms with van der Waals surface area (Å²) in [5.41, 5.74) is 0.0409. The van der Waals surface area contributed by atoms with Crippen LogP contribution in [0.15, 0.2) is 42.8 Å². The van der Waals surface area contributed by atoms with Crippen LogP contribution < -0.4 is 5.76 Å². The minimum Gasteiger partial charge on any atom is -0.388 e. The topological polar surface area (TPSA) is 112 Å². The molecular weight excluding hydrogens is 274 g/mol. The Balaban J connectivity index is 2.73. The number of benzene rings is 1. The lowest BCUT2D eigenvalue weighted by molar-refractivity contribution is 0.504. The van der Waals surface area contributed by atoms with Crippen LogP contribution in [0.1, 0.15) is 0 Å². The van der Waals surface area contributed by atoms with E-state index in [-0.39, 0.29) is 16.3 Å². The lowest BCUT2D eigenvalue weighted by atomic mass is 10.2. The van der Waals surface area contributed by atoms with E-state index in [0.717, 1.165) is 10.8 Å². The Labute approximate surface area is 107 Å². The number of isocyanates is 1. The van der Waals surface area contributed by atoms with Crippen LogP contribution in [0.25, 0.3) is 11.5 Å². The summed E-state index contributed by atoms with van der Waals surface area (Å²) in [5.74, 6) is -0.908. The van der Waals surface area contributed by atoms with Crippen LogP contribution in [0.5, 0.6) is 0 Å². The molecule has 0 aliphatic carbocycles. The van der Waals surface area contributed by atoms with Crippen molar-refractivity contribution in [1.29, 1.82) is 0 Å². The predicted octanol–water partition coefficient (Wildman–Crippen LogP) is 0.0648. The predicted molar refractivity (Wildman–Crippen MR) is 62.5 cm³/mol. The molecule has 1 heterocycles. The van der Waals surface area contributed by atoms with E-state index in [9.17, 15) is 18.0 Å². The SMILES string of the molecule is Cn1nc(-c2ccccc2S(=O)(=O)N=C=O)oc1=O. The monoisotopic (exact) mass is 281 g/mol. The Morgan fingerprint density at radius 2 is 2.05 bits per heavy atom. The first kappa shape index (κ1) is 12.9. The summed E-state index contributed by atoms with van der Waals surface area (Å²) in [4.78, 5) is 21.0. The lowest BCUT2D eigenvalue weighted by Crippen LogP contribution is -2.09. The summed E-state index contributed by atoms with van der Waals surface area (Å²) < 4.78 is 31.9. The first-order valence-corrected chi connectivity index (χ1v) is 6.37. The molecule has 8 nitrogen and oxygen atoms in total. The van der Waals surface area contributed by atoms with Crippen LogP contribution >= 0.6 is 0 Å². The third-order valence-corrected chi connectivity index (χ3v) is 3.47. The van der Waals surface area contributed by atoms with E-state index in [1.807, 2.05) is 0 Å². The second kappa shape index (κ2) is 4.63. The van der Waals surface area contributed by atoms with Crippen molar-refractivity contribution in [2.24, 2.45) is 11.4 Å². The second-order valence-electron chi connectivity index (χ2n) is 3.45. The van der Waals surface area contributed by atoms with Crippen molar-refractivity contribution in [3.8, 4) is 11.5 Å². The molecule has 0 radical (unpaired) electrons. The van der Waals surface area contributed by atoms with Gasteiger partial charge in [-0.25, -0.2) is 9.59 Å². The van der Waals surface area contributed by atoms with Crippen molar-refractivity contribution in [3.05, 3.63) is 34.8 Å². The average molecular weight is 281 g/mol. The van der Waals surface area contributed by atoms with Gasteiger partial charge in [-0.3, -0.25) is 0 Å². The average Bonchev–Trinajstić information content (AvgIpc) is 2.69. The highest BCUT2D eigenvalue weighted by atomic mass is 32.2. The third kappa shape index (κ3) is 2.37. The van der Waals surface area contributed by atoms with Crippen LogP contribution in [0.4, 0.5) is 0 Å². The van der Waals surface area contributed by atoms with Crippen molar-refractivity contribution in [1.82, 2.24) is 9.78 Å². The third-order valence-electron chi connectivity index (χ3n) is 2.24. The Bertz CT molecular complexity index is 827. The Morgan fingerprint density at radius 3 is 2.63 bits per heavy atom. The maximum Gasteiger partial charge on any atom is 0.437 e. The molecule has 1 aromatic heterocycles. The van der Waals surface area contributed by atoms with Gasteiger partial charge in [0.2, 0.25) is 0 Å². The van der Waals surface area contributed by atoms with Crippen LogP contribution in [0.3, 0.4) is 0 Å². The number of sulfonamides is 1. The molecule has 0 N–H and O–H groups in total. The van der Waals surface area contributed by atoms with Gasteiger partial charge in [-0.05, 0) is 12.1 Å². The highest BCUT2D eigenvalue weighted by molar-refractivity contribution is 7.90. The maximum absolute atomic E-state index is 11.7. The molecule has 0 atom stereocenters. The van der Waals surface area contributed by atoms with Gasteiger partial charge < -0.3 is 4.42 Å². The Kier molecular flexibility index (Phi) is 3.16. The van der Waals surface area contributed by atoms with Crippen LogP contribution in [0.2, 0.25) is 0 Å². The zero-order valence-corrected chi connectivity index (χ0v) is 10.4. The quantitative estimate of drug-likeness (QED) is 0.581. The van der Waals surface area contributed by atoms with E-state index < -0.39 is 15.8 Å². The zero-order chi connectivity index (χ0) is 14.0. The summed E-state index contributed by atoms with van der Waals surface area (Å²) in [5, 5.41) is 3.75. The molecule has 1 aromatic carbocycles. The molecule has 0 saturated heterocycles. The summed E-state index contributed by atoms with van der Waals surface area (Å²) in [6, 6.07) is 5.59. The first-order valence-electron chi connectivity index (χ1n) is 4.93. The number of hydrogen-bond acceptors (Lipinski definition) is 6. The van der Waals surface area contributed by atoms with Gasteiger partial charge in [0.25, 0.3) is 22.0 Å². The largest absolute Gasteiger partial charge is 0.437 e. The van der Waals surface area contributed by atoms with Gasteiger partial charge in [0.1, 0.15) is 4.90 Å². The number of nitrogens with zero attached hydrogens (tertiary/aromatic N) is 3. The minimum atomic E-state index is -4.20. The highest BCUT2D eigenvalue weighted by Gasteiger charge is 2.21. The molecule has 2 aromatic rings. The van der Waals surface area contributed by atoms with Crippen LogP contribution in [0, 0.1) is 0 Å². The van der Waals surface area contributed by atoms with E-state index in [0.29, 0.717) is 0 Å². The zero-order valence-electron chi connectivity index (χ0n) is 9.60. The van der Waals surface area contributed by atoms with Crippen LogP contribution in [-0.4, -0.2) is 24.3 Å². The Morgan fingerprint density at radius 1 is 1.37 bits per heavy atom. The van der Waals surface area contributed by atoms with Gasteiger partial charge >= 0.3 is 5.76 Å². The van der Waals surface area contributed by atoms with Crippen molar-refractivity contribution in [2.75, 3.05) is 0 Å². The highest BCUT2D eigenvalue weighted by Crippen LogP contribution is 2.25. The fourth-order valence-electron chi connectivity index (χ4n) is 1.42. The van der Waals surface area contributed by atoms with Gasteiger partial charge in [0.15, 0.2) is 0 Å². The van der Waals surface area contributed by atoms with Gasteiger partial charge in [-0.1, -0.05) is 16.5 Å². The molecule has 19 heavy (non-hydrogen) atoms. The van der Waals surface area contributed by atoms with E-state index in [1.165, 1.54) is 31.3 Å². The molecule has 0 spiro atoms. The summed E-state index contributed by atoms with van der Waals surface area (Å²) >= 11 is 0. The number of carbonyl (C=O) groups excluding carboxylic acids is 1. The van der Waals surface area contributed by atoms with E-state index >= 15 is 0 Å². The fraction of sp³-hybridized carbons (Fsp3) is 0.100. The fourth-order valence-corrected chi connectivity index (χ4v) is 2.30. The molecule has 0 unspecified atom stereocenters. The molecular formula is C10H7N3O5S. The summed E-state index contributed by atoms with van der Waals surface area (Å²) in [6.07, 6.45) is 0.971. The second-order valence-corrected chi connectivity index (χ2v) is 5.02. The molecule has 0 aliphatic heterocycles. The van der Waals surface area contributed by atoms with Gasteiger partial charge in [0, 0.05) is 7.05 Å². The van der Waals surface area contributed by atoms with Crippen molar-refractivity contribution >= 4 is 16.1 Å². The smallest absolute Gasteiger partial charge is 0.388 e. The first-order chi connectivity index (χ1) is 8.95. The molecule has 0 bridgehead atoms. The normalized spacial score (nSPS) is 11.0. The van der Waals surface area contributed by atoms with Crippen molar-refractivity contribution < 1.29 is 17.6 Å². The molecule has 0 amide bonds. The van der Waals surface area contributed by atoms with Gasteiger partial charge in [0.05, 0.1) is 5.56 Å². The number of hydrogen-bond donors (Lipinski definition) is 0. The molecule has 0 fully saturated rings. The minimum absolute atomic E-state index is 0.0409. The lowest BCUT2D eigenvalue weighted by Gasteiger charge is -2.01.